The Balaban J connectivity index is 1.69. The summed E-state index contributed by atoms with van der Waals surface area (Å²) >= 11 is 2.23. The molecule has 4 aromatic rings. The van der Waals surface area contributed by atoms with E-state index in [-0.39, 0.29) is 11.7 Å². The zero-order valence-corrected chi connectivity index (χ0v) is 17.4. The Kier molecular flexibility index (Phi) is 5.34. The molecular formula is C23H19IN2O2. The summed E-state index contributed by atoms with van der Waals surface area (Å²) < 4.78 is 6.38. The highest BCUT2D eigenvalue weighted by atomic mass is 127. The predicted molar refractivity (Wildman–Crippen MR) is 118 cm³/mol. The van der Waals surface area contributed by atoms with Crippen molar-refractivity contribution in [2.75, 3.05) is 7.11 Å². The minimum absolute atomic E-state index is 0.0115. The molecular weight excluding hydrogens is 463 g/mol. The van der Waals surface area contributed by atoms with Crippen LogP contribution in [0.15, 0.2) is 79.0 Å². The summed E-state index contributed by atoms with van der Waals surface area (Å²) in [5.74, 6) is 0.775. The van der Waals surface area contributed by atoms with E-state index in [2.05, 4.69) is 38.6 Å². The van der Waals surface area contributed by atoms with Crippen LogP contribution in [-0.4, -0.2) is 22.9 Å². The lowest BCUT2D eigenvalue weighted by Crippen LogP contribution is -2.06. The van der Waals surface area contributed by atoms with Gasteiger partial charge in [0.25, 0.3) is 0 Å². The minimum atomic E-state index is -0.0285. The van der Waals surface area contributed by atoms with Gasteiger partial charge in [-0.25, -0.2) is 0 Å². The lowest BCUT2D eigenvalue weighted by Gasteiger charge is -2.16. The number of ether oxygens (including phenoxy) is 1. The van der Waals surface area contributed by atoms with Gasteiger partial charge in [0.1, 0.15) is 5.75 Å². The van der Waals surface area contributed by atoms with Gasteiger partial charge >= 0.3 is 0 Å². The number of benzene rings is 2. The Labute approximate surface area is 177 Å². The van der Waals surface area contributed by atoms with Crippen molar-refractivity contribution in [3.63, 3.8) is 0 Å². The standard InChI is InChI=1S/C23H19IN2O2/c1-28-18-10-6-15(7-11-18)22(19-3-2-14-25-19)20-12-13-21(26-20)23(27)16-4-8-17(24)9-5-16/h2-14,22,25-26H,1H3. The fourth-order valence-electron chi connectivity index (χ4n) is 3.32. The molecule has 0 amide bonds. The first-order valence-electron chi connectivity index (χ1n) is 8.92. The minimum Gasteiger partial charge on any atom is -0.497 e. The second-order valence-corrected chi connectivity index (χ2v) is 7.74. The number of H-pyrrole nitrogens is 2. The molecule has 0 spiro atoms. The van der Waals surface area contributed by atoms with E-state index in [1.54, 1.807) is 7.11 Å². The smallest absolute Gasteiger partial charge is 0.209 e. The molecule has 0 fully saturated rings. The molecule has 0 aliphatic heterocycles. The molecule has 0 aliphatic rings. The SMILES string of the molecule is COc1ccc(C(c2ccc[nH]2)c2ccc(C(=O)c3ccc(I)cc3)[nH]2)cc1. The van der Waals surface area contributed by atoms with Gasteiger partial charge in [0, 0.05) is 26.7 Å². The zero-order valence-electron chi connectivity index (χ0n) is 15.3. The molecule has 0 radical (unpaired) electrons. The van der Waals surface area contributed by atoms with Gasteiger partial charge in [-0.2, -0.15) is 0 Å². The van der Waals surface area contributed by atoms with Crippen LogP contribution in [0.1, 0.15) is 38.9 Å². The first-order chi connectivity index (χ1) is 13.7. The monoisotopic (exact) mass is 482 g/mol. The van der Waals surface area contributed by atoms with E-state index in [0.29, 0.717) is 11.3 Å². The topological polar surface area (TPSA) is 57.9 Å². The summed E-state index contributed by atoms with van der Waals surface area (Å²) in [7, 11) is 1.66. The van der Waals surface area contributed by atoms with E-state index in [4.69, 9.17) is 4.74 Å². The predicted octanol–water partition coefficient (Wildman–Crippen LogP) is 5.37. The van der Waals surface area contributed by atoms with Crippen LogP contribution in [-0.2, 0) is 0 Å². The van der Waals surface area contributed by atoms with Crippen LogP contribution in [0.4, 0.5) is 0 Å². The van der Waals surface area contributed by atoms with Gasteiger partial charge in [0.05, 0.1) is 18.7 Å². The van der Waals surface area contributed by atoms with Crippen molar-refractivity contribution < 1.29 is 9.53 Å². The van der Waals surface area contributed by atoms with Crippen molar-refractivity contribution in [3.8, 4) is 5.75 Å². The fourth-order valence-corrected chi connectivity index (χ4v) is 3.68. The molecule has 0 saturated carbocycles. The van der Waals surface area contributed by atoms with E-state index in [1.807, 2.05) is 72.9 Å². The summed E-state index contributed by atoms with van der Waals surface area (Å²) in [4.78, 5) is 19.5. The van der Waals surface area contributed by atoms with Crippen LogP contribution >= 0.6 is 22.6 Å². The molecule has 4 rings (SSSR count). The largest absolute Gasteiger partial charge is 0.497 e. The number of hydrogen-bond donors (Lipinski definition) is 2. The van der Waals surface area contributed by atoms with E-state index in [0.717, 1.165) is 26.3 Å². The average molecular weight is 482 g/mol. The second-order valence-electron chi connectivity index (χ2n) is 6.50. The van der Waals surface area contributed by atoms with E-state index in [9.17, 15) is 4.79 Å². The Morgan fingerprint density at radius 2 is 1.68 bits per heavy atom. The van der Waals surface area contributed by atoms with Crippen molar-refractivity contribution >= 4 is 28.4 Å². The molecule has 2 aromatic heterocycles. The Bertz CT molecular complexity index is 1060. The molecule has 28 heavy (non-hydrogen) atoms. The lowest BCUT2D eigenvalue weighted by molar-refractivity contribution is 0.103. The third kappa shape index (κ3) is 3.75. The number of hydrogen-bond acceptors (Lipinski definition) is 2. The van der Waals surface area contributed by atoms with Crippen molar-refractivity contribution in [2.45, 2.75) is 5.92 Å². The molecule has 5 heteroatoms. The summed E-state index contributed by atoms with van der Waals surface area (Å²) in [6.45, 7) is 0. The molecule has 4 nitrogen and oxygen atoms in total. The van der Waals surface area contributed by atoms with Crippen molar-refractivity contribution in [2.24, 2.45) is 0 Å². The third-order valence-electron chi connectivity index (χ3n) is 4.75. The maximum absolute atomic E-state index is 12.8. The summed E-state index contributed by atoms with van der Waals surface area (Å²) in [5.41, 5.74) is 4.39. The highest BCUT2D eigenvalue weighted by Gasteiger charge is 2.21. The van der Waals surface area contributed by atoms with Crippen LogP contribution in [0.3, 0.4) is 0 Å². The Hall–Kier alpha value is -2.80. The maximum Gasteiger partial charge on any atom is 0.209 e. The van der Waals surface area contributed by atoms with Crippen LogP contribution in [0.2, 0.25) is 0 Å². The molecule has 0 saturated heterocycles. The van der Waals surface area contributed by atoms with Gasteiger partial charge in [-0.05, 0) is 88.8 Å². The van der Waals surface area contributed by atoms with Crippen LogP contribution in [0.25, 0.3) is 0 Å². The van der Waals surface area contributed by atoms with Crippen molar-refractivity contribution in [1.29, 1.82) is 0 Å². The molecule has 2 N–H and O–H groups in total. The van der Waals surface area contributed by atoms with E-state index >= 15 is 0 Å². The summed E-state index contributed by atoms with van der Waals surface area (Å²) in [5, 5.41) is 0. The molecule has 140 valence electrons. The maximum atomic E-state index is 12.8. The summed E-state index contributed by atoms with van der Waals surface area (Å²) in [6, 6.07) is 23.5. The van der Waals surface area contributed by atoms with Gasteiger partial charge < -0.3 is 14.7 Å². The average Bonchev–Trinajstić information content (AvgIpc) is 3.42. The number of carbonyl (C=O) groups excluding carboxylic acids is 1. The van der Waals surface area contributed by atoms with Gasteiger partial charge in [-0.15, -0.1) is 0 Å². The van der Waals surface area contributed by atoms with Crippen LogP contribution < -0.4 is 4.74 Å². The quantitative estimate of drug-likeness (QED) is 0.287. The number of halogens is 1. The third-order valence-corrected chi connectivity index (χ3v) is 5.47. The first kappa shape index (κ1) is 18.6. The number of methoxy groups -OCH3 is 1. The highest BCUT2D eigenvalue weighted by molar-refractivity contribution is 14.1. The van der Waals surface area contributed by atoms with Gasteiger partial charge in [0.15, 0.2) is 0 Å². The van der Waals surface area contributed by atoms with E-state index in [1.165, 1.54) is 0 Å². The van der Waals surface area contributed by atoms with Gasteiger partial charge in [-0.1, -0.05) is 12.1 Å². The van der Waals surface area contributed by atoms with E-state index < -0.39 is 0 Å². The second kappa shape index (κ2) is 8.06. The number of carbonyl (C=O) groups is 1. The normalized spacial score (nSPS) is 11.9. The highest BCUT2D eigenvalue weighted by Crippen LogP contribution is 2.31. The first-order valence-corrected chi connectivity index (χ1v) is 10.00. The van der Waals surface area contributed by atoms with Crippen molar-refractivity contribution in [1.82, 2.24) is 9.97 Å². The van der Waals surface area contributed by atoms with Crippen molar-refractivity contribution in [3.05, 3.63) is 111 Å². The van der Waals surface area contributed by atoms with Crippen LogP contribution in [0.5, 0.6) is 5.75 Å². The Morgan fingerprint density at radius 1 is 0.929 bits per heavy atom. The number of aromatic nitrogens is 2. The molecule has 1 atom stereocenters. The molecule has 2 aromatic carbocycles. The zero-order chi connectivity index (χ0) is 19.5. The van der Waals surface area contributed by atoms with Gasteiger partial charge in [0.2, 0.25) is 5.78 Å². The lowest BCUT2D eigenvalue weighted by atomic mass is 9.92. The molecule has 0 bridgehead atoms. The number of aromatic amines is 2. The molecule has 1 unspecified atom stereocenters. The number of ketones is 1. The van der Waals surface area contributed by atoms with Gasteiger partial charge in [-0.3, -0.25) is 4.79 Å². The fraction of sp³-hybridized carbons (Fsp3) is 0.0870. The number of nitrogens with one attached hydrogen (secondary N) is 2. The Morgan fingerprint density at radius 3 is 2.32 bits per heavy atom. The number of rotatable bonds is 6. The molecule has 0 aliphatic carbocycles. The van der Waals surface area contributed by atoms with Crippen LogP contribution in [0, 0.1) is 3.57 Å². The molecule has 2 heterocycles. The summed E-state index contributed by atoms with van der Waals surface area (Å²) in [6.07, 6.45) is 1.91.